The van der Waals surface area contributed by atoms with Gasteiger partial charge in [-0.3, -0.25) is 15.0 Å². The number of carbonyl (C=O) groups excluding carboxylic acids is 2. The van der Waals surface area contributed by atoms with Crippen LogP contribution < -0.4 is 10.2 Å². The summed E-state index contributed by atoms with van der Waals surface area (Å²) < 4.78 is 5.43. The standard InChI is InChI=1S/C21H24N2O3/c1-5-15-26-18-13-11-17(12-14-18)20(25)23(21(2,3)4)22-19(24)16-9-7-6-8-10-16/h5-14H,1,15H2,2-4H3,(H,22,24). The molecule has 2 rings (SSSR count). The van der Waals surface area contributed by atoms with Gasteiger partial charge in [-0.1, -0.05) is 30.9 Å². The van der Waals surface area contributed by atoms with Crippen molar-refractivity contribution < 1.29 is 14.3 Å². The van der Waals surface area contributed by atoms with E-state index in [0.29, 0.717) is 23.5 Å². The monoisotopic (exact) mass is 352 g/mol. The zero-order chi connectivity index (χ0) is 19.2. The van der Waals surface area contributed by atoms with Crippen molar-refractivity contribution in [3.8, 4) is 5.75 Å². The van der Waals surface area contributed by atoms with E-state index in [-0.39, 0.29) is 11.8 Å². The molecule has 0 fully saturated rings. The first-order valence-corrected chi connectivity index (χ1v) is 8.37. The second-order valence-corrected chi connectivity index (χ2v) is 6.74. The van der Waals surface area contributed by atoms with Crippen molar-refractivity contribution >= 4 is 11.8 Å². The molecule has 0 aromatic heterocycles. The molecule has 2 aromatic rings. The molecular weight excluding hydrogens is 328 g/mol. The third kappa shape index (κ3) is 4.96. The van der Waals surface area contributed by atoms with E-state index >= 15 is 0 Å². The van der Waals surface area contributed by atoms with Crippen LogP contribution in [-0.2, 0) is 0 Å². The molecule has 2 amide bonds. The lowest BCUT2D eigenvalue weighted by molar-refractivity contribution is 0.0358. The summed E-state index contributed by atoms with van der Waals surface area (Å²) in [5.41, 5.74) is 3.07. The maximum absolute atomic E-state index is 12.9. The minimum absolute atomic E-state index is 0.294. The van der Waals surface area contributed by atoms with Crippen molar-refractivity contribution in [1.29, 1.82) is 0 Å². The Morgan fingerprint density at radius 3 is 2.19 bits per heavy atom. The van der Waals surface area contributed by atoms with Crippen molar-refractivity contribution in [3.63, 3.8) is 0 Å². The van der Waals surface area contributed by atoms with Gasteiger partial charge in [0.25, 0.3) is 11.8 Å². The summed E-state index contributed by atoms with van der Waals surface area (Å²) in [6.07, 6.45) is 1.65. The van der Waals surface area contributed by atoms with E-state index in [4.69, 9.17) is 4.74 Å². The summed E-state index contributed by atoms with van der Waals surface area (Å²) in [4.78, 5) is 25.4. The molecule has 0 spiro atoms. The molecule has 0 aliphatic rings. The molecule has 0 aliphatic heterocycles. The molecule has 0 saturated carbocycles. The molecule has 26 heavy (non-hydrogen) atoms. The predicted octanol–water partition coefficient (Wildman–Crippen LogP) is 3.84. The van der Waals surface area contributed by atoms with E-state index in [2.05, 4.69) is 12.0 Å². The number of hydrogen-bond donors (Lipinski definition) is 1. The van der Waals surface area contributed by atoms with Gasteiger partial charge in [-0.05, 0) is 57.2 Å². The van der Waals surface area contributed by atoms with Crippen molar-refractivity contribution in [3.05, 3.63) is 78.4 Å². The lowest BCUT2D eigenvalue weighted by Crippen LogP contribution is -2.55. The first-order valence-electron chi connectivity index (χ1n) is 8.37. The Bertz CT molecular complexity index is 762. The highest BCUT2D eigenvalue weighted by molar-refractivity contribution is 5.99. The van der Waals surface area contributed by atoms with Crippen molar-refractivity contribution in [2.75, 3.05) is 6.61 Å². The smallest absolute Gasteiger partial charge is 0.272 e. The molecule has 0 atom stereocenters. The summed E-state index contributed by atoms with van der Waals surface area (Å²) in [6.45, 7) is 9.57. The highest BCUT2D eigenvalue weighted by atomic mass is 16.5. The number of nitrogens with one attached hydrogen (secondary N) is 1. The molecule has 0 saturated heterocycles. The van der Waals surface area contributed by atoms with E-state index in [9.17, 15) is 9.59 Å². The van der Waals surface area contributed by atoms with Crippen LogP contribution in [0.15, 0.2) is 67.3 Å². The first-order chi connectivity index (χ1) is 12.3. The first kappa shape index (κ1) is 19.2. The van der Waals surface area contributed by atoms with Crippen LogP contribution in [0.3, 0.4) is 0 Å². The summed E-state index contributed by atoms with van der Waals surface area (Å²) in [5.74, 6) is 0.0222. The maximum Gasteiger partial charge on any atom is 0.272 e. The maximum atomic E-state index is 12.9. The minimum atomic E-state index is -0.598. The van der Waals surface area contributed by atoms with Gasteiger partial charge < -0.3 is 4.74 Å². The number of ether oxygens (including phenoxy) is 1. The largest absolute Gasteiger partial charge is 0.490 e. The number of carbonyl (C=O) groups is 2. The molecule has 1 N–H and O–H groups in total. The average Bonchev–Trinajstić information content (AvgIpc) is 2.64. The number of hydrogen-bond acceptors (Lipinski definition) is 3. The van der Waals surface area contributed by atoms with Crippen LogP contribution in [0.4, 0.5) is 0 Å². The molecule has 0 bridgehead atoms. The summed E-state index contributed by atoms with van der Waals surface area (Å²) in [5, 5.41) is 1.35. The normalized spacial score (nSPS) is 10.7. The summed E-state index contributed by atoms with van der Waals surface area (Å²) >= 11 is 0. The predicted molar refractivity (Wildman–Crippen MR) is 102 cm³/mol. The third-order valence-corrected chi connectivity index (χ3v) is 3.59. The molecule has 0 radical (unpaired) electrons. The second kappa shape index (κ2) is 8.34. The van der Waals surface area contributed by atoms with Crippen LogP contribution in [0.1, 0.15) is 41.5 Å². The number of nitrogens with zero attached hydrogens (tertiary/aromatic N) is 1. The number of hydrazine groups is 1. The number of amides is 2. The Kier molecular flexibility index (Phi) is 6.17. The van der Waals surface area contributed by atoms with Crippen molar-refractivity contribution in [2.24, 2.45) is 0 Å². The zero-order valence-electron chi connectivity index (χ0n) is 15.4. The quantitative estimate of drug-likeness (QED) is 0.657. The van der Waals surface area contributed by atoms with Crippen LogP contribution in [0.5, 0.6) is 5.75 Å². The van der Waals surface area contributed by atoms with E-state index in [1.807, 2.05) is 26.8 Å². The van der Waals surface area contributed by atoms with Gasteiger partial charge >= 0.3 is 0 Å². The Labute approximate surface area is 154 Å². The van der Waals surface area contributed by atoms with Crippen LogP contribution in [0.2, 0.25) is 0 Å². The minimum Gasteiger partial charge on any atom is -0.490 e. The highest BCUT2D eigenvalue weighted by Gasteiger charge is 2.29. The van der Waals surface area contributed by atoms with E-state index in [1.165, 1.54) is 5.01 Å². The van der Waals surface area contributed by atoms with Crippen molar-refractivity contribution in [1.82, 2.24) is 10.4 Å². The van der Waals surface area contributed by atoms with Gasteiger partial charge in [0.1, 0.15) is 12.4 Å². The van der Waals surface area contributed by atoms with E-state index < -0.39 is 5.54 Å². The van der Waals surface area contributed by atoms with Gasteiger partial charge in [0, 0.05) is 11.1 Å². The number of rotatable bonds is 5. The molecule has 0 heterocycles. The fourth-order valence-corrected chi connectivity index (χ4v) is 2.26. The van der Waals surface area contributed by atoms with E-state index in [0.717, 1.165) is 0 Å². The van der Waals surface area contributed by atoms with Gasteiger partial charge in [-0.15, -0.1) is 0 Å². The number of benzene rings is 2. The molecule has 5 nitrogen and oxygen atoms in total. The van der Waals surface area contributed by atoms with Crippen LogP contribution in [0, 0.1) is 0 Å². The molecule has 0 unspecified atom stereocenters. The van der Waals surface area contributed by atoms with Gasteiger partial charge in [0.15, 0.2) is 0 Å². The Hall–Kier alpha value is -3.08. The lowest BCUT2D eigenvalue weighted by Gasteiger charge is -2.35. The summed E-state index contributed by atoms with van der Waals surface area (Å²) in [6, 6.07) is 15.6. The molecular formula is C21H24N2O3. The topological polar surface area (TPSA) is 58.6 Å². The Balaban J connectivity index is 2.19. The second-order valence-electron chi connectivity index (χ2n) is 6.74. The van der Waals surface area contributed by atoms with Crippen molar-refractivity contribution in [2.45, 2.75) is 26.3 Å². The molecule has 0 aliphatic carbocycles. The van der Waals surface area contributed by atoms with Gasteiger partial charge in [-0.25, -0.2) is 5.01 Å². The molecule has 2 aromatic carbocycles. The van der Waals surface area contributed by atoms with E-state index in [1.54, 1.807) is 54.6 Å². The fourth-order valence-electron chi connectivity index (χ4n) is 2.26. The highest BCUT2D eigenvalue weighted by Crippen LogP contribution is 2.18. The summed E-state index contributed by atoms with van der Waals surface area (Å²) in [7, 11) is 0. The van der Waals surface area contributed by atoms with Crippen LogP contribution >= 0.6 is 0 Å². The average molecular weight is 352 g/mol. The van der Waals surface area contributed by atoms with Gasteiger partial charge in [-0.2, -0.15) is 0 Å². The van der Waals surface area contributed by atoms with Crippen LogP contribution in [-0.4, -0.2) is 29.0 Å². The third-order valence-electron chi connectivity index (χ3n) is 3.59. The zero-order valence-corrected chi connectivity index (χ0v) is 15.4. The molecule has 5 heteroatoms. The van der Waals surface area contributed by atoms with Gasteiger partial charge in [0.05, 0.1) is 5.54 Å². The Morgan fingerprint density at radius 2 is 1.65 bits per heavy atom. The SMILES string of the molecule is C=CCOc1ccc(C(=O)N(NC(=O)c2ccccc2)C(C)(C)C)cc1. The molecule has 136 valence electrons. The Morgan fingerprint density at radius 1 is 1.04 bits per heavy atom. The van der Waals surface area contributed by atoms with Crippen LogP contribution in [0.25, 0.3) is 0 Å². The lowest BCUT2D eigenvalue weighted by atomic mass is 10.1. The fraction of sp³-hybridized carbons (Fsp3) is 0.238. The van der Waals surface area contributed by atoms with Gasteiger partial charge in [0.2, 0.25) is 0 Å².